The van der Waals surface area contributed by atoms with Crippen molar-refractivity contribution in [1.29, 1.82) is 0 Å². The number of hydrogen-bond donors (Lipinski definition) is 2. The Morgan fingerprint density at radius 2 is 1.92 bits per heavy atom. The molecule has 2 rings (SSSR count). The second kappa shape index (κ2) is 9.12. The maximum absolute atomic E-state index is 12.6. The van der Waals surface area contributed by atoms with Crippen molar-refractivity contribution in [2.75, 3.05) is 20.3 Å². The molecule has 0 fully saturated rings. The van der Waals surface area contributed by atoms with E-state index in [9.17, 15) is 9.59 Å². The number of carbonyl (C=O) groups is 2. The molecule has 2 amide bonds. The Kier molecular flexibility index (Phi) is 6.89. The molecule has 0 radical (unpaired) electrons. The molecule has 0 bridgehead atoms. The fourth-order valence-corrected chi connectivity index (χ4v) is 2.91. The van der Waals surface area contributed by atoms with Gasteiger partial charge in [0, 0.05) is 5.70 Å². The van der Waals surface area contributed by atoms with Crippen LogP contribution in [0.3, 0.4) is 0 Å². The van der Waals surface area contributed by atoms with Crippen LogP contribution in [0.2, 0.25) is 0 Å². The first-order valence-electron chi connectivity index (χ1n) is 8.84. The number of benzene rings is 1. The number of carbonyl (C=O) groups excluding carboxylic acids is 2. The lowest BCUT2D eigenvalue weighted by Crippen LogP contribution is -2.46. The molecule has 0 saturated heterocycles. The summed E-state index contributed by atoms with van der Waals surface area (Å²) in [7, 11) is 1.56. The van der Waals surface area contributed by atoms with Gasteiger partial charge in [0.25, 0.3) is 0 Å². The van der Waals surface area contributed by atoms with Crippen LogP contribution >= 0.6 is 0 Å². The molecule has 1 aromatic rings. The number of nitrogens with one attached hydrogen (secondary N) is 2. The first-order valence-corrected chi connectivity index (χ1v) is 8.84. The number of rotatable bonds is 8. The van der Waals surface area contributed by atoms with E-state index in [1.165, 1.54) is 0 Å². The van der Waals surface area contributed by atoms with Crippen molar-refractivity contribution < 1.29 is 23.8 Å². The van der Waals surface area contributed by atoms with E-state index in [0.29, 0.717) is 35.8 Å². The molecule has 0 aromatic heterocycles. The van der Waals surface area contributed by atoms with Crippen LogP contribution in [0.5, 0.6) is 11.5 Å². The van der Waals surface area contributed by atoms with Gasteiger partial charge in [0.15, 0.2) is 11.5 Å². The van der Waals surface area contributed by atoms with E-state index in [1.807, 2.05) is 13.8 Å². The van der Waals surface area contributed by atoms with E-state index >= 15 is 0 Å². The highest BCUT2D eigenvalue weighted by molar-refractivity contribution is 5.95. The monoisotopic (exact) mass is 362 g/mol. The van der Waals surface area contributed by atoms with Crippen LogP contribution in [0.4, 0.5) is 4.79 Å². The molecular weight excluding hydrogens is 336 g/mol. The maximum Gasteiger partial charge on any atom is 0.338 e. The van der Waals surface area contributed by atoms with E-state index in [2.05, 4.69) is 10.6 Å². The van der Waals surface area contributed by atoms with Gasteiger partial charge in [-0.3, -0.25) is 0 Å². The summed E-state index contributed by atoms with van der Waals surface area (Å²) in [6, 6.07) is 4.38. The van der Waals surface area contributed by atoms with Gasteiger partial charge in [-0.05, 0) is 38.0 Å². The molecule has 1 aliphatic heterocycles. The Balaban J connectivity index is 2.52. The summed E-state index contributed by atoms with van der Waals surface area (Å²) in [5.41, 5.74) is 1.73. The Morgan fingerprint density at radius 1 is 1.15 bits per heavy atom. The summed E-state index contributed by atoms with van der Waals surface area (Å²) in [6.45, 7) is 6.35. The zero-order chi connectivity index (χ0) is 19.1. The molecule has 142 valence electrons. The van der Waals surface area contributed by atoms with Gasteiger partial charge in [-0.2, -0.15) is 0 Å². The summed E-state index contributed by atoms with van der Waals surface area (Å²) in [6.07, 6.45) is 1.37. The SMILES string of the molecule is CCCC1=C(C(=O)OCC)C(c2ccc(OC)c(OCC)c2)NC(=O)N1. The zero-order valence-corrected chi connectivity index (χ0v) is 15.7. The van der Waals surface area contributed by atoms with Crippen LogP contribution in [0, 0.1) is 0 Å². The average Bonchev–Trinajstić information content (AvgIpc) is 2.62. The van der Waals surface area contributed by atoms with Crippen molar-refractivity contribution in [3.05, 3.63) is 35.0 Å². The maximum atomic E-state index is 12.6. The Hall–Kier alpha value is -2.70. The molecule has 26 heavy (non-hydrogen) atoms. The highest BCUT2D eigenvalue weighted by atomic mass is 16.5. The highest BCUT2D eigenvalue weighted by Crippen LogP contribution is 2.35. The van der Waals surface area contributed by atoms with Crippen LogP contribution in [0.25, 0.3) is 0 Å². The van der Waals surface area contributed by atoms with E-state index in [4.69, 9.17) is 14.2 Å². The summed E-state index contributed by atoms with van der Waals surface area (Å²) in [5.74, 6) is 0.703. The van der Waals surface area contributed by atoms with Gasteiger partial charge in [-0.15, -0.1) is 0 Å². The molecule has 0 saturated carbocycles. The van der Waals surface area contributed by atoms with Crippen LogP contribution in [0.1, 0.15) is 45.2 Å². The van der Waals surface area contributed by atoms with Crippen molar-refractivity contribution in [1.82, 2.24) is 10.6 Å². The Bertz CT molecular complexity index is 699. The molecule has 1 atom stereocenters. The average molecular weight is 362 g/mol. The predicted octanol–water partition coefficient (Wildman–Crippen LogP) is 3.07. The number of urea groups is 1. The third-order valence-electron chi connectivity index (χ3n) is 3.97. The normalized spacial score (nSPS) is 16.6. The van der Waals surface area contributed by atoms with Gasteiger partial charge in [0.05, 0.1) is 31.9 Å². The summed E-state index contributed by atoms with van der Waals surface area (Å²) in [5, 5.41) is 5.55. The Morgan fingerprint density at radius 3 is 2.54 bits per heavy atom. The molecular formula is C19H26N2O5. The van der Waals surface area contributed by atoms with Gasteiger partial charge in [0.1, 0.15) is 0 Å². The number of hydrogen-bond acceptors (Lipinski definition) is 5. The number of allylic oxidation sites excluding steroid dienone is 1. The van der Waals surface area contributed by atoms with Gasteiger partial charge in [0.2, 0.25) is 0 Å². The summed E-state index contributed by atoms with van der Waals surface area (Å²) >= 11 is 0. The molecule has 7 heteroatoms. The lowest BCUT2D eigenvalue weighted by atomic mass is 9.93. The third kappa shape index (κ3) is 4.28. The van der Waals surface area contributed by atoms with Gasteiger partial charge in [-0.1, -0.05) is 19.4 Å². The largest absolute Gasteiger partial charge is 0.493 e. The summed E-state index contributed by atoms with van der Waals surface area (Å²) < 4.78 is 16.1. The van der Waals surface area contributed by atoms with Crippen LogP contribution in [-0.2, 0) is 9.53 Å². The van der Waals surface area contributed by atoms with E-state index in [-0.39, 0.29) is 12.6 Å². The number of esters is 1. The quantitative estimate of drug-likeness (QED) is 0.694. The number of methoxy groups -OCH3 is 1. The molecule has 0 spiro atoms. The third-order valence-corrected chi connectivity index (χ3v) is 3.97. The number of amides is 2. The van der Waals surface area contributed by atoms with Crippen molar-refractivity contribution in [3.63, 3.8) is 0 Å². The minimum atomic E-state index is -0.616. The number of ether oxygens (including phenoxy) is 3. The van der Waals surface area contributed by atoms with Crippen molar-refractivity contribution in [3.8, 4) is 11.5 Å². The Labute approximate surface area is 153 Å². The van der Waals surface area contributed by atoms with Crippen molar-refractivity contribution in [2.45, 2.75) is 39.7 Å². The van der Waals surface area contributed by atoms with Crippen LogP contribution < -0.4 is 20.1 Å². The molecule has 1 aromatic carbocycles. The molecule has 1 unspecified atom stereocenters. The first kappa shape index (κ1) is 19.6. The zero-order valence-electron chi connectivity index (χ0n) is 15.7. The molecule has 2 N–H and O–H groups in total. The topological polar surface area (TPSA) is 85.9 Å². The minimum Gasteiger partial charge on any atom is -0.493 e. The highest BCUT2D eigenvalue weighted by Gasteiger charge is 2.33. The van der Waals surface area contributed by atoms with E-state index in [1.54, 1.807) is 32.2 Å². The first-order chi connectivity index (χ1) is 12.5. The molecule has 0 aliphatic carbocycles. The lowest BCUT2D eigenvalue weighted by molar-refractivity contribution is -0.139. The predicted molar refractivity (Wildman–Crippen MR) is 97.1 cm³/mol. The minimum absolute atomic E-state index is 0.259. The summed E-state index contributed by atoms with van der Waals surface area (Å²) in [4.78, 5) is 24.7. The van der Waals surface area contributed by atoms with Gasteiger partial charge < -0.3 is 24.8 Å². The molecule has 7 nitrogen and oxygen atoms in total. The molecule has 1 heterocycles. The lowest BCUT2D eigenvalue weighted by Gasteiger charge is -2.29. The van der Waals surface area contributed by atoms with Crippen molar-refractivity contribution >= 4 is 12.0 Å². The van der Waals surface area contributed by atoms with Crippen LogP contribution in [-0.4, -0.2) is 32.3 Å². The second-order valence-corrected chi connectivity index (χ2v) is 5.74. The smallest absolute Gasteiger partial charge is 0.338 e. The van der Waals surface area contributed by atoms with E-state index < -0.39 is 12.0 Å². The fourth-order valence-electron chi connectivity index (χ4n) is 2.91. The van der Waals surface area contributed by atoms with E-state index in [0.717, 1.165) is 12.0 Å². The second-order valence-electron chi connectivity index (χ2n) is 5.74. The molecule has 1 aliphatic rings. The van der Waals surface area contributed by atoms with Gasteiger partial charge >= 0.3 is 12.0 Å². The van der Waals surface area contributed by atoms with Crippen molar-refractivity contribution in [2.24, 2.45) is 0 Å². The van der Waals surface area contributed by atoms with Crippen LogP contribution in [0.15, 0.2) is 29.5 Å². The standard InChI is InChI=1S/C19H26N2O5/c1-5-8-13-16(18(22)26-7-3)17(21-19(23)20-13)12-9-10-14(24-4)15(11-12)25-6-2/h9-11,17H,5-8H2,1-4H3,(H2,20,21,23). The fraction of sp³-hybridized carbons (Fsp3) is 0.474. The van der Waals surface area contributed by atoms with Gasteiger partial charge in [-0.25, -0.2) is 9.59 Å².